The molecule has 3 nitrogen and oxygen atoms in total. The number of hydrogen-bond donors (Lipinski definition) is 1. The van der Waals surface area contributed by atoms with Crippen LogP contribution in [0.15, 0.2) is 17.7 Å². The molecule has 0 aromatic carbocycles. The standard InChI is InChI=1S/C14H20N2O/c1-5-6-13-12(8-7-9(2)16-13)10(3)11(4)14(15)17/h7-8H,5-6H2,1-4H3,(H2,15,17)/b11-10+. The van der Waals surface area contributed by atoms with Crippen LogP contribution in [0.5, 0.6) is 0 Å². The number of amides is 1. The van der Waals surface area contributed by atoms with Gasteiger partial charge in [-0.05, 0) is 44.4 Å². The second-order valence-electron chi connectivity index (χ2n) is 4.31. The van der Waals surface area contributed by atoms with Gasteiger partial charge in [-0.1, -0.05) is 19.4 Å². The number of allylic oxidation sites excluding steroid dienone is 1. The Hall–Kier alpha value is -1.64. The zero-order valence-corrected chi connectivity index (χ0v) is 11.0. The summed E-state index contributed by atoms with van der Waals surface area (Å²) in [6.07, 6.45) is 1.95. The Kier molecular flexibility index (Phi) is 4.44. The van der Waals surface area contributed by atoms with Crippen LogP contribution in [0.2, 0.25) is 0 Å². The first kappa shape index (κ1) is 13.4. The first-order chi connectivity index (χ1) is 7.97. The number of primary amides is 1. The van der Waals surface area contributed by atoms with Crippen LogP contribution >= 0.6 is 0 Å². The van der Waals surface area contributed by atoms with Gasteiger partial charge >= 0.3 is 0 Å². The molecule has 0 saturated heterocycles. The van der Waals surface area contributed by atoms with Crippen LogP contribution in [0.4, 0.5) is 0 Å². The number of rotatable bonds is 4. The van der Waals surface area contributed by atoms with E-state index in [1.165, 1.54) is 0 Å². The van der Waals surface area contributed by atoms with Gasteiger partial charge in [-0.3, -0.25) is 9.78 Å². The van der Waals surface area contributed by atoms with Crippen molar-refractivity contribution in [3.05, 3.63) is 34.7 Å². The smallest absolute Gasteiger partial charge is 0.244 e. The normalized spacial score (nSPS) is 12.2. The van der Waals surface area contributed by atoms with Gasteiger partial charge in [0.05, 0.1) is 0 Å². The number of carbonyl (C=O) groups is 1. The topological polar surface area (TPSA) is 56.0 Å². The van der Waals surface area contributed by atoms with E-state index < -0.39 is 0 Å². The average molecular weight is 232 g/mol. The second kappa shape index (κ2) is 5.62. The lowest BCUT2D eigenvalue weighted by molar-refractivity contribution is -0.114. The molecule has 3 heteroatoms. The van der Waals surface area contributed by atoms with Crippen LogP contribution in [-0.2, 0) is 11.2 Å². The van der Waals surface area contributed by atoms with Crippen molar-refractivity contribution < 1.29 is 4.79 Å². The maximum absolute atomic E-state index is 11.2. The molecule has 1 amide bonds. The molecule has 0 spiro atoms. The van der Waals surface area contributed by atoms with Crippen molar-refractivity contribution in [3.63, 3.8) is 0 Å². The number of carbonyl (C=O) groups excluding carboxylic acids is 1. The Bertz CT molecular complexity index is 461. The predicted octanol–water partition coefficient (Wildman–Crippen LogP) is 2.62. The summed E-state index contributed by atoms with van der Waals surface area (Å²) in [5.41, 5.74) is 9.92. The van der Waals surface area contributed by atoms with E-state index in [0.29, 0.717) is 5.57 Å². The minimum atomic E-state index is -0.370. The quantitative estimate of drug-likeness (QED) is 0.811. The zero-order valence-electron chi connectivity index (χ0n) is 11.0. The van der Waals surface area contributed by atoms with Gasteiger partial charge in [0.2, 0.25) is 5.91 Å². The number of aryl methyl sites for hydroxylation is 2. The van der Waals surface area contributed by atoms with Crippen LogP contribution in [0.1, 0.15) is 44.1 Å². The molecule has 1 heterocycles. The summed E-state index contributed by atoms with van der Waals surface area (Å²) >= 11 is 0. The molecule has 2 N–H and O–H groups in total. The van der Waals surface area contributed by atoms with E-state index in [0.717, 1.165) is 35.4 Å². The Balaban J connectivity index is 3.30. The first-order valence-electron chi connectivity index (χ1n) is 5.91. The van der Waals surface area contributed by atoms with E-state index in [-0.39, 0.29) is 5.91 Å². The molecule has 0 bridgehead atoms. The van der Waals surface area contributed by atoms with Crippen LogP contribution in [0, 0.1) is 6.92 Å². The number of pyridine rings is 1. The van der Waals surface area contributed by atoms with Crippen molar-refractivity contribution in [2.45, 2.75) is 40.5 Å². The summed E-state index contributed by atoms with van der Waals surface area (Å²) < 4.78 is 0. The zero-order chi connectivity index (χ0) is 13.0. The monoisotopic (exact) mass is 232 g/mol. The molecule has 1 aromatic rings. The SMILES string of the molecule is CCCc1nc(C)ccc1/C(C)=C(\C)C(N)=O. The molecule has 0 aliphatic heterocycles. The second-order valence-corrected chi connectivity index (χ2v) is 4.31. The molecule has 17 heavy (non-hydrogen) atoms. The largest absolute Gasteiger partial charge is 0.366 e. The van der Waals surface area contributed by atoms with Crippen molar-refractivity contribution in [3.8, 4) is 0 Å². The molecular weight excluding hydrogens is 212 g/mol. The third kappa shape index (κ3) is 3.16. The van der Waals surface area contributed by atoms with Gasteiger partial charge in [-0.15, -0.1) is 0 Å². The van der Waals surface area contributed by atoms with Gasteiger partial charge in [0.25, 0.3) is 0 Å². The fraction of sp³-hybridized carbons (Fsp3) is 0.429. The lowest BCUT2D eigenvalue weighted by Crippen LogP contribution is -2.13. The molecule has 1 aromatic heterocycles. The van der Waals surface area contributed by atoms with Gasteiger partial charge in [0.15, 0.2) is 0 Å². The molecule has 0 atom stereocenters. The molecule has 0 fully saturated rings. The summed E-state index contributed by atoms with van der Waals surface area (Å²) in [4.78, 5) is 15.7. The first-order valence-corrected chi connectivity index (χ1v) is 5.91. The fourth-order valence-electron chi connectivity index (χ4n) is 1.77. The van der Waals surface area contributed by atoms with Gasteiger partial charge in [-0.2, -0.15) is 0 Å². The lowest BCUT2D eigenvalue weighted by Gasteiger charge is -2.11. The minimum absolute atomic E-state index is 0.370. The number of nitrogens with zero attached hydrogens (tertiary/aromatic N) is 1. The maximum atomic E-state index is 11.2. The highest BCUT2D eigenvalue weighted by Crippen LogP contribution is 2.22. The Morgan fingerprint density at radius 1 is 1.35 bits per heavy atom. The number of nitrogens with two attached hydrogens (primary N) is 1. The molecule has 0 unspecified atom stereocenters. The van der Waals surface area contributed by atoms with Crippen LogP contribution < -0.4 is 5.73 Å². The molecular formula is C14H20N2O. The molecule has 0 radical (unpaired) electrons. The van der Waals surface area contributed by atoms with Crippen molar-refractivity contribution in [2.75, 3.05) is 0 Å². The third-order valence-corrected chi connectivity index (χ3v) is 2.94. The van der Waals surface area contributed by atoms with Crippen molar-refractivity contribution in [1.82, 2.24) is 4.98 Å². The minimum Gasteiger partial charge on any atom is -0.366 e. The van der Waals surface area contributed by atoms with Crippen molar-refractivity contribution in [1.29, 1.82) is 0 Å². The van der Waals surface area contributed by atoms with Crippen LogP contribution in [0.25, 0.3) is 5.57 Å². The van der Waals surface area contributed by atoms with E-state index in [2.05, 4.69) is 11.9 Å². The van der Waals surface area contributed by atoms with Gasteiger partial charge in [0, 0.05) is 17.0 Å². The van der Waals surface area contributed by atoms with E-state index in [1.54, 1.807) is 6.92 Å². The van der Waals surface area contributed by atoms with E-state index in [9.17, 15) is 4.79 Å². The molecule has 92 valence electrons. The van der Waals surface area contributed by atoms with Gasteiger partial charge < -0.3 is 5.73 Å². The number of aromatic nitrogens is 1. The highest BCUT2D eigenvalue weighted by atomic mass is 16.1. The van der Waals surface area contributed by atoms with E-state index in [1.807, 2.05) is 26.0 Å². The maximum Gasteiger partial charge on any atom is 0.244 e. The average Bonchev–Trinajstić information content (AvgIpc) is 2.27. The summed E-state index contributed by atoms with van der Waals surface area (Å²) in [7, 11) is 0. The van der Waals surface area contributed by atoms with Crippen molar-refractivity contribution in [2.24, 2.45) is 5.73 Å². The highest BCUT2D eigenvalue weighted by Gasteiger charge is 2.10. The summed E-state index contributed by atoms with van der Waals surface area (Å²) in [5, 5.41) is 0. The molecule has 0 aliphatic rings. The van der Waals surface area contributed by atoms with Crippen LogP contribution in [-0.4, -0.2) is 10.9 Å². The van der Waals surface area contributed by atoms with Crippen molar-refractivity contribution >= 4 is 11.5 Å². The highest BCUT2D eigenvalue weighted by molar-refractivity contribution is 5.99. The summed E-state index contributed by atoms with van der Waals surface area (Å²) in [6.45, 7) is 7.77. The molecule has 0 aliphatic carbocycles. The predicted molar refractivity (Wildman–Crippen MR) is 70.4 cm³/mol. The van der Waals surface area contributed by atoms with Crippen LogP contribution in [0.3, 0.4) is 0 Å². The molecule has 1 rings (SSSR count). The summed E-state index contributed by atoms with van der Waals surface area (Å²) in [6, 6.07) is 3.99. The Labute approximate surface area is 103 Å². The summed E-state index contributed by atoms with van der Waals surface area (Å²) in [5.74, 6) is -0.370. The molecule has 0 saturated carbocycles. The van der Waals surface area contributed by atoms with Gasteiger partial charge in [0.1, 0.15) is 0 Å². The Morgan fingerprint density at radius 3 is 2.53 bits per heavy atom. The third-order valence-electron chi connectivity index (χ3n) is 2.94. The van der Waals surface area contributed by atoms with Gasteiger partial charge in [-0.25, -0.2) is 0 Å². The van der Waals surface area contributed by atoms with E-state index in [4.69, 9.17) is 5.73 Å². The fourth-order valence-corrected chi connectivity index (χ4v) is 1.77. The Morgan fingerprint density at radius 2 is 2.00 bits per heavy atom. The number of hydrogen-bond acceptors (Lipinski definition) is 2. The lowest BCUT2D eigenvalue weighted by atomic mass is 9.98. The van der Waals surface area contributed by atoms with E-state index >= 15 is 0 Å².